The molecule has 0 N–H and O–H groups in total. The first-order valence-electron chi connectivity index (χ1n) is 5.75. The van der Waals surface area contributed by atoms with Crippen molar-refractivity contribution in [1.29, 1.82) is 0 Å². The largest absolute Gasteiger partial charge is 0.375 e. The molecule has 1 unspecified atom stereocenters. The van der Waals surface area contributed by atoms with E-state index in [0.29, 0.717) is 6.61 Å². The van der Waals surface area contributed by atoms with Gasteiger partial charge in [-0.3, -0.25) is 4.79 Å². The molecule has 0 amide bonds. The third-order valence-corrected chi connectivity index (χ3v) is 3.41. The number of ether oxygens (including phenoxy) is 1. The van der Waals surface area contributed by atoms with Gasteiger partial charge in [0.15, 0.2) is 5.78 Å². The van der Waals surface area contributed by atoms with E-state index >= 15 is 0 Å². The summed E-state index contributed by atoms with van der Waals surface area (Å²) in [5.41, 5.74) is 1.78. The summed E-state index contributed by atoms with van der Waals surface area (Å²) in [6.07, 6.45) is 0.215. The first kappa shape index (κ1) is 12.6. The average molecular weight is 298 g/mol. The van der Waals surface area contributed by atoms with E-state index in [1.807, 2.05) is 18.2 Å². The van der Waals surface area contributed by atoms with E-state index in [4.69, 9.17) is 4.74 Å². The van der Waals surface area contributed by atoms with Gasteiger partial charge in [0.2, 0.25) is 0 Å². The molecule has 0 bridgehead atoms. The summed E-state index contributed by atoms with van der Waals surface area (Å²) in [6.45, 7) is 6.05. The van der Waals surface area contributed by atoms with Crippen LogP contribution in [-0.4, -0.2) is 31.6 Å². The number of benzene rings is 1. The zero-order valence-electron chi connectivity index (χ0n) is 10.1. The Balaban J connectivity index is 2.33. The van der Waals surface area contributed by atoms with E-state index in [-0.39, 0.29) is 11.9 Å². The van der Waals surface area contributed by atoms with E-state index < -0.39 is 0 Å². The summed E-state index contributed by atoms with van der Waals surface area (Å²) >= 11 is 3.41. The maximum absolute atomic E-state index is 11.7. The topological polar surface area (TPSA) is 29.5 Å². The Morgan fingerprint density at radius 2 is 2.29 bits per heavy atom. The summed E-state index contributed by atoms with van der Waals surface area (Å²) in [5, 5.41) is 0. The van der Waals surface area contributed by atoms with Crippen molar-refractivity contribution in [2.75, 3.05) is 24.6 Å². The molecule has 92 valence electrons. The summed E-state index contributed by atoms with van der Waals surface area (Å²) in [7, 11) is 0. The summed E-state index contributed by atoms with van der Waals surface area (Å²) in [5.74, 6) is 0.0976. The highest BCUT2D eigenvalue weighted by atomic mass is 79.9. The van der Waals surface area contributed by atoms with Crippen LogP contribution in [0.15, 0.2) is 22.7 Å². The maximum atomic E-state index is 11.7. The fourth-order valence-corrected chi connectivity index (χ4v) is 2.46. The monoisotopic (exact) mass is 297 g/mol. The number of hydrogen-bond donors (Lipinski definition) is 0. The number of hydrogen-bond acceptors (Lipinski definition) is 3. The van der Waals surface area contributed by atoms with Crippen LogP contribution in [0.2, 0.25) is 0 Å². The number of carbonyl (C=O) groups is 1. The summed E-state index contributed by atoms with van der Waals surface area (Å²) in [6, 6.07) is 5.86. The third-order valence-electron chi connectivity index (χ3n) is 2.92. The van der Waals surface area contributed by atoms with Gasteiger partial charge in [0.1, 0.15) is 0 Å². The van der Waals surface area contributed by atoms with Crippen LogP contribution in [0.4, 0.5) is 5.69 Å². The molecule has 0 spiro atoms. The molecule has 17 heavy (non-hydrogen) atoms. The second kappa shape index (κ2) is 5.19. The van der Waals surface area contributed by atoms with Gasteiger partial charge in [-0.25, -0.2) is 0 Å². The first-order chi connectivity index (χ1) is 8.08. The fraction of sp³-hybridized carbons (Fsp3) is 0.462. The molecule has 1 saturated heterocycles. The molecule has 3 nitrogen and oxygen atoms in total. The van der Waals surface area contributed by atoms with Crippen molar-refractivity contribution in [3.05, 3.63) is 28.2 Å². The highest BCUT2D eigenvalue weighted by molar-refractivity contribution is 9.10. The van der Waals surface area contributed by atoms with Crippen molar-refractivity contribution in [3.8, 4) is 0 Å². The molecule has 4 heteroatoms. The SMILES string of the molecule is CC(=O)c1cc(Br)ccc1N1CCOC(C)C1. The van der Waals surface area contributed by atoms with Crippen molar-refractivity contribution in [1.82, 2.24) is 0 Å². The zero-order valence-corrected chi connectivity index (χ0v) is 11.7. The number of rotatable bonds is 2. The van der Waals surface area contributed by atoms with E-state index in [1.165, 1.54) is 0 Å². The number of Topliss-reactive ketones (excluding diaryl/α,β-unsaturated/α-hetero) is 1. The molecule has 0 saturated carbocycles. The van der Waals surface area contributed by atoms with Crippen molar-refractivity contribution < 1.29 is 9.53 Å². The Morgan fingerprint density at radius 1 is 1.53 bits per heavy atom. The van der Waals surface area contributed by atoms with Crippen LogP contribution >= 0.6 is 15.9 Å². The Kier molecular flexibility index (Phi) is 3.84. The molecule has 1 aliphatic heterocycles. The molecular formula is C13H16BrNO2. The van der Waals surface area contributed by atoms with E-state index in [9.17, 15) is 4.79 Å². The van der Waals surface area contributed by atoms with Gasteiger partial charge >= 0.3 is 0 Å². The minimum absolute atomic E-state index is 0.0976. The lowest BCUT2D eigenvalue weighted by atomic mass is 10.1. The lowest BCUT2D eigenvalue weighted by Crippen LogP contribution is -2.41. The molecule has 0 aliphatic carbocycles. The maximum Gasteiger partial charge on any atom is 0.161 e. The minimum Gasteiger partial charge on any atom is -0.375 e. The Labute approximate surface area is 110 Å². The zero-order chi connectivity index (χ0) is 12.4. The van der Waals surface area contributed by atoms with Gasteiger partial charge in [-0.2, -0.15) is 0 Å². The van der Waals surface area contributed by atoms with E-state index in [1.54, 1.807) is 6.92 Å². The van der Waals surface area contributed by atoms with Gasteiger partial charge in [0.25, 0.3) is 0 Å². The number of anilines is 1. The van der Waals surface area contributed by atoms with Crippen molar-refractivity contribution in [2.45, 2.75) is 20.0 Å². The molecule has 1 aromatic carbocycles. The lowest BCUT2D eigenvalue weighted by molar-refractivity contribution is 0.0531. The van der Waals surface area contributed by atoms with Gasteiger partial charge in [-0.15, -0.1) is 0 Å². The van der Waals surface area contributed by atoms with Crippen LogP contribution < -0.4 is 4.90 Å². The number of halogens is 1. The predicted molar refractivity (Wildman–Crippen MR) is 71.8 cm³/mol. The van der Waals surface area contributed by atoms with E-state index in [0.717, 1.165) is 28.8 Å². The van der Waals surface area contributed by atoms with Crippen LogP contribution in [0.25, 0.3) is 0 Å². The Hall–Kier alpha value is -0.870. The summed E-state index contributed by atoms with van der Waals surface area (Å²) in [4.78, 5) is 13.9. The van der Waals surface area contributed by atoms with Gasteiger partial charge in [0, 0.05) is 28.8 Å². The van der Waals surface area contributed by atoms with Gasteiger partial charge in [0.05, 0.1) is 12.7 Å². The number of ketones is 1. The van der Waals surface area contributed by atoms with Gasteiger partial charge < -0.3 is 9.64 Å². The number of morpholine rings is 1. The molecule has 1 fully saturated rings. The standard InChI is InChI=1S/C13H16BrNO2/c1-9-8-15(5-6-17-9)13-4-3-11(14)7-12(13)10(2)16/h3-4,7,9H,5-6,8H2,1-2H3. The quantitative estimate of drug-likeness (QED) is 0.786. The predicted octanol–water partition coefficient (Wildman–Crippen LogP) is 2.88. The smallest absolute Gasteiger partial charge is 0.161 e. The van der Waals surface area contributed by atoms with Crippen LogP contribution in [-0.2, 0) is 4.74 Å². The lowest BCUT2D eigenvalue weighted by Gasteiger charge is -2.34. The van der Waals surface area contributed by atoms with Crippen molar-refractivity contribution in [2.24, 2.45) is 0 Å². The van der Waals surface area contributed by atoms with Crippen LogP contribution in [0.5, 0.6) is 0 Å². The van der Waals surface area contributed by atoms with Crippen molar-refractivity contribution in [3.63, 3.8) is 0 Å². The van der Waals surface area contributed by atoms with Crippen LogP contribution in [0, 0.1) is 0 Å². The molecule has 2 rings (SSSR count). The minimum atomic E-state index is 0.0976. The molecule has 0 aromatic heterocycles. The second-order valence-electron chi connectivity index (χ2n) is 4.35. The third kappa shape index (κ3) is 2.87. The highest BCUT2D eigenvalue weighted by Gasteiger charge is 2.20. The van der Waals surface area contributed by atoms with Gasteiger partial charge in [-0.05, 0) is 32.0 Å². The molecule has 1 aromatic rings. The highest BCUT2D eigenvalue weighted by Crippen LogP contribution is 2.26. The molecule has 0 radical (unpaired) electrons. The Bertz CT molecular complexity index is 433. The number of nitrogens with zero attached hydrogens (tertiary/aromatic N) is 1. The normalized spacial score (nSPS) is 20.4. The van der Waals surface area contributed by atoms with Crippen LogP contribution in [0.3, 0.4) is 0 Å². The molecule has 1 atom stereocenters. The summed E-state index contributed by atoms with van der Waals surface area (Å²) < 4.78 is 6.46. The number of carbonyl (C=O) groups excluding carboxylic acids is 1. The first-order valence-corrected chi connectivity index (χ1v) is 6.54. The average Bonchev–Trinajstić information content (AvgIpc) is 2.28. The molecule has 1 aliphatic rings. The molecule has 1 heterocycles. The Morgan fingerprint density at radius 3 is 2.94 bits per heavy atom. The van der Waals surface area contributed by atoms with Gasteiger partial charge in [-0.1, -0.05) is 15.9 Å². The van der Waals surface area contributed by atoms with Crippen LogP contribution in [0.1, 0.15) is 24.2 Å². The second-order valence-corrected chi connectivity index (χ2v) is 5.26. The van der Waals surface area contributed by atoms with E-state index in [2.05, 4.69) is 27.8 Å². The fourth-order valence-electron chi connectivity index (χ4n) is 2.10. The molecular weight excluding hydrogens is 282 g/mol. The van der Waals surface area contributed by atoms with Crippen molar-refractivity contribution >= 4 is 27.4 Å².